The van der Waals surface area contributed by atoms with Gasteiger partial charge in [0.1, 0.15) is 6.61 Å². The van der Waals surface area contributed by atoms with E-state index >= 15 is 0 Å². The zero-order valence-electron chi connectivity index (χ0n) is 10.8. The summed E-state index contributed by atoms with van der Waals surface area (Å²) in [6, 6.07) is 0. The van der Waals surface area contributed by atoms with Gasteiger partial charge in [0.05, 0.1) is 13.2 Å². The van der Waals surface area contributed by atoms with Crippen LogP contribution >= 0.6 is 0 Å². The molecule has 1 aromatic heterocycles. The minimum atomic E-state index is -0.769. The molecule has 1 aliphatic heterocycles. The molecule has 0 aromatic carbocycles. The Hall–Kier alpha value is -1.97. The molecule has 20 heavy (non-hydrogen) atoms. The van der Waals surface area contributed by atoms with Crippen LogP contribution in [0.25, 0.3) is 0 Å². The fourth-order valence-electron chi connectivity index (χ4n) is 1.70. The van der Waals surface area contributed by atoms with Crippen molar-refractivity contribution >= 4 is 5.97 Å². The fourth-order valence-corrected chi connectivity index (χ4v) is 1.70. The van der Waals surface area contributed by atoms with Crippen LogP contribution in [-0.2, 0) is 19.0 Å². The average molecular weight is 285 g/mol. The molecule has 2 heterocycles. The molecule has 0 bridgehead atoms. The van der Waals surface area contributed by atoms with Gasteiger partial charge in [0.2, 0.25) is 0 Å². The summed E-state index contributed by atoms with van der Waals surface area (Å²) in [6.45, 7) is 1.35. The van der Waals surface area contributed by atoms with Gasteiger partial charge in [-0.2, -0.15) is 0 Å². The van der Waals surface area contributed by atoms with Crippen molar-refractivity contribution in [2.75, 3.05) is 19.8 Å². The van der Waals surface area contributed by atoms with Gasteiger partial charge < -0.3 is 19.9 Å². The predicted octanol–water partition coefficient (Wildman–Crippen LogP) is -1.78. The number of carbonyl (C=O) groups excluding carboxylic acids is 1. The van der Waals surface area contributed by atoms with Crippen LogP contribution < -0.4 is 17.0 Å². The molecule has 0 amide bonds. The minimum absolute atomic E-state index is 0.107. The number of ether oxygens (including phenoxy) is 3. The molecule has 1 fully saturated rings. The number of carbonyl (C=O) groups is 1. The zero-order chi connectivity index (χ0) is 14.7. The lowest BCUT2D eigenvalue weighted by Gasteiger charge is -2.13. The molecule has 0 spiro atoms. The largest absolute Gasteiger partial charge is 0.459 e. The second-order valence-electron chi connectivity index (χ2n) is 4.22. The number of H-pyrrole nitrogens is 1. The van der Waals surface area contributed by atoms with Gasteiger partial charge in [-0.1, -0.05) is 0 Å². The third-order valence-corrected chi connectivity index (χ3v) is 2.74. The summed E-state index contributed by atoms with van der Waals surface area (Å²) >= 11 is 0. The van der Waals surface area contributed by atoms with Crippen molar-refractivity contribution in [3.05, 3.63) is 32.6 Å². The van der Waals surface area contributed by atoms with Crippen LogP contribution in [0.1, 0.15) is 11.8 Å². The number of nitrogens with zero attached hydrogens (tertiary/aromatic N) is 1. The molecule has 9 nitrogen and oxygen atoms in total. The van der Waals surface area contributed by atoms with Crippen molar-refractivity contribution in [2.24, 2.45) is 5.73 Å². The summed E-state index contributed by atoms with van der Waals surface area (Å²) in [7, 11) is 0. The Bertz CT molecular complexity index is 607. The number of aromatic nitrogens is 2. The van der Waals surface area contributed by atoms with E-state index in [0.29, 0.717) is 5.56 Å². The molecular weight excluding hydrogens is 270 g/mol. The first-order valence-electron chi connectivity index (χ1n) is 5.96. The first-order chi connectivity index (χ1) is 9.51. The summed E-state index contributed by atoms with van der Waals surface area (Å²) in [4.78, 5) is 36.0. The average Bonchev–Trinajstić information content (AvgIpc) is 2.88. The summed E-state index contributed by atoms with van der Waals surface area (Å²) < 4.78 is 16.7. The second kappa shape index (κ2) is 5.99. The number of nitrogens with one attached hydrogen (secondary N) is 1. The zero-order valence-corrected chi connectivity index (χ0v) is 10.8. The molecule has 0 saturated carbocycles. The lowest BCUT2D eigenvalue weighted by atomic mass is 10.4. The van der Waals surface area contributed by atoms with E-state index in [9.17, 15) is 14.4 Å². The summed E-state index contributed by atoms with van der Waals surface area (Å²) in [5.74, 6) is -0.572. The minimum Gasteiger partial charge on any atom is -0.459 e. The van der Waals surface area contributed by atoms with Gasteiger partial charge in [0.15, 0.2) is 12.5 Å². The normalized spacial score (nSPS) is 21.9. The van der Waals surface area contributed by atoms with Crippen LogP contribution in [-0.4, -0.2) is 41.6 Å². The fraction of sp³-hybridized carbons (Fsp3) is 0.545. The van der Waals surface area contributed by atoms with Crippen LogP contribution in [0.2, 0.25) is 0 Å². The van der Waals surface area contributed by atoms with Gasteiger partial charge in [-0.3, -0.25) is 19.1 Å². The second-order valence-corrected chi connectivity index (χ2v) is 4.22. The Labute approximate surface area is 113 Å². The van der Waals surface area contributed by atoms with Gasteiger partial charge >= 0.3 is 11.7 Å². The van der Waals surface area contributed by atoms with Crippen molar-refractivity contribution in [1.29, 1.82) is 0 Å². The molecule has 2 rings (SSSR count). The first kappa shape index (κ1) is 14.4. The molecule has 0 aliphatic carbocycles. The first-order valence-corrected chi connectivity index (χ1v) is 5.96. The molecule has 2 atom stereocenters. The number of hydrogen-bond acceptors (Lipinski definition) is 7. The number of hydrogen-bond donors (Lipinski definition) is 2. The smallest absolute Gasteiger partial charge is 0.330 e. The Balaban J connectivity index is 2.03. The highest BCUT2D eigenvalue weighted by molar-refractivity contribution is 5.71. The van der Waals surface area contributed by atoms with E-state index in [1.165, 1.54) is 10.8 Å². The Morgan fingerprint density at radius 2 is 2.35 bits per heavy atom. The SMILES string of the molecule is Cc1cn([C@H]2CO[C@@H](COC(=O)CN)O2)c(=O)[nH]c1=O. The molecule has 3 N–H and O–H groups in total. The van der Waals surface area contributed by atoms with Crippen LogP contribution in [0.15, 0.2) is 15.8 Å². The maximum atomic E-state index is 11.7. The van der Waals surface area contributed by atoms with Crippen molar-refractivity contribution in [2.45, 2.75) is 19.4 Å². The quantitative estimate of drug-likeness (QED) is 0.626. The molecule has 9 heteroatoms. The summed E-state index contributed by atoms with van der Waals surface area (Å²) in [6.07, 6.45) is -0.0574. The van der Waals surface area contributed by atoms with Gasteiger partial charge in [-0.05, 0) is 6.92 Å². The van der Waals surface area contributed by atoms with Crippen LogP contribution in [0.4, 0.5) is 0 Å². The predicted molar refractivity (Wildman–Crippen MR) is 65.9 cm³/mol. The summed E-state index contributed by atoms with van der Waals surface area (Å²) in [5, 5.41) is 0. The number of aromatic amines is 1. The van der Waals surface area contributed by atoms with Crippen molar-refractivity contribution in [1.82, 2.24) is 9.55 Å². The monoisotopic (exact) mass is 285 g/mol. The van der Waals surface area contributed by atoms with Gasteiger partial charge in [-0.25, -0.2) is 4.79 Å². The van der Waals surface area contributed by atoms with E-state index in [4.69, 9.17) is 19.9 Å². The van der Waals surface area contributed by atoms with E-state index in [-0.39, 0.29) is 19.8 Å². The number of esters is 1. The van der Waals surface area contributed by atoms with E-state index in [1.807, 2.05) is 0 Å². The molecule has 1 aliphatic rings. The maximum Gasteiger partial charge on any atom is 0.330 e. The maximum absolute atomic E-state index is 11.7. The van der Waals surface area contributed by atoms with Crippen LogP contribution in [0.5, 0.6) is 0 Å². The molecule has 0 radical (unpaired) electrons. The molecule has 1 aromatic rings. The lowest BCUT2D eigenvalue weighted by Crippen LogP contribution is -2.34. The standard InChI is InChI=1S/C11H15N3O6/c1-6-3-14(11(17)13-10(6)16)7-4-19-9(20-7)5-18-8(15)2-12/h3,7,9H,2,4-5,12H2,1H3,(H,13,16,17)/t7-,9-/m1/s1. The molecule has 1 saturated heterocycles. The van der Waals surface area contributed by atoms with E-state index in [0.717, 1.165) is 0 Å². The van der Waals surface area contributed by atoms with Crippen molar-refractivity contribution in [3.63, 3.8) is 0 Å². The Morgan fingerprint density at radius 3 is 3.05 bits per heavy atom. The van der Waals surface area contributed by atoms with Gasteiger partial charge in [0.25, 0.3) is 5.56 Å². The Morgan fingerprint density at radius 1 is 1.60 bits per heavy atom. The lowest BCUT2D eigenvalue weighted by molar-refractivity contribution is -0.157. The van der Waals surface area contributed by atoms with E-state index in [2.05, 4.69) is 4.98 Å². The van der Waals surface area contributed by atoms with Gasteiger partial charge in [-0.15, -0.1) is 0 Å². The topological polar surface area (TPSA) is 126 Å². The van der Waals surface area contributed by atoms with E-state index in [1.54, 1.807) is 6.92 Å². The van der Waals surface area contributed by atoms with Crippen molar-refractivity contribution in [3.8, 4) is 0 Å². The van der Waals surface area contributed by atoms with Crippen molar-refractivity contribution < 1.29 is 19.0 Å². The number of nitrogens with two attached hydrogens (primary N) is 1. The highest BCUT2D eigenvalue weighted by Crippen LogP contribution is 2.19. The third kappa shape index (κ3) is 3.13. The highest BCUT2D eigenvalue weighted by Gasteiger charge is 2.29. The van der Waals surface area contributed by atoms with Crippen LogP contribution in [0.3, 0.4) is 0 Å². The van der Waals surface area contributed by atoms with Crippen LogP contribution in [0, 0.1) is 6.92 Å². The summed E-state index contributed by atoms with van der Waals surface area (Å²) in [5.41, 5.74) is 4.44. The number of rotatable bonds is 4. The Kier molecular flexibility index (Phi) is 4.32. The van der Waals surface area contributed by atoms with Gasteiger partial charge in [0, 0.05) is 11.8 Å². The molecular formula is C11H15N3O6. The number of aryl methyl sites for hydroxylation is 1. The molecule has 110 valence electrons. The van der Waals surface area contributed by atoms with E-state index < -0.39 is 29.7 Å². The molecule has 0 unspecified atom stereocenters. The highest BCUT2D eigenvalue weighted by atomic mass is 16.7. The third-order valence-electron chi connectivity index (χ3n) is 2.74.